The summed E-state index contributed by atoms with van der Waals surface area (Å²) in [6.45, 7) is 4.45. The second-order valence-corrected chi connectivity index (χ2v) is 5.08. The summed E-state index contributed by atoms with van der Waals surface area (Å²) in [5.41, 5.74) is 0. The fourth-order valence-electron chi connectivity index (χ4n) is 3.38. The van der Waals surface area contributed by atoms with Crippen molar-refractivity contribution in [3.8, 4) is 0 Å². The van der Waals surface area contributed by atoms with Crippen molar-refractivity contribution in [1.29, 1.82) is 0 Å². The van der Waals surface area contributed by atoms with Gasteiger partial charge in [-0.25, -0.2) is 0 Å². The summed E-state index contributed by atoms with van der Waals surface area (Å²) in [4.78, 5) is 0. The second kappa shape index (κ2) is 6.11. The van der Waals surface area contributed by atoms with E-state index in [2.05, 4.69) is 23.0 Å². The maximum Gasteiger partial charge on any atom is 0.121 e. The molecule has 3 heteroatoms. The third-order valence-corrected chi connectivity index (χ3v) is 4.66. The van der Waals surface area contributed by atoms with E-state index in [1.165, 1.54) is 26.3 Å². The van der Waals surface area contributed by atoms with E-state index in [-0.39, 0.29) is 6.67 Å². The Kier molecular flexibility index (Phi) is 5.45. The molecule has 1 saturated carbocycles. The fourth-order valence-corrected chi connectivity index (χ4v) is 4.12. The first kappa shape index (κ1) is 12.5. The topological polar surface area (TPSA) is 0 Å². The molecule has 0 spiro atoms. The molecule has 0 bridgehead atoms. The van der Waals surface area contributed by atoms with E-state index in [1.54, 1.807) is 0 Å². The van der Waals surface area contributed by atoms with Crippen LogP contribution in [-0.2, 0) is 0 Å². The summed E-state index contributed by atoms with van der Waals surface area (Å²) in [7, 11) is 4.14. The van der Waals surface area contributed by atoms with Crippen LogP contribution in [0.15, 0.2) is 0 Å². The molecule has 0 heterocycles. The molecule has 5 unspecified atom stereocenters. The minimum atomic E-state index is -0.126. The van der Waals surface area contributed by atoms with Gasteiger partial charge in [-0.15, -0.1) is 9.24 Å². The Bertz CT molecular complexity index is 165. The molecule has 1 fully saturated rings. The van der Waals surface area contributed by atoms with Gasteiger partial charge in [-0.3, -0.25) is 4.39 Å². The quantitative estimate of drug-likeness (QED) is 0.489. The Morgan fingerprint density at radius 2 is 2.14 bits per heavy atom. The van der Waals surface area contributed by atoms with Crippen molar-refractivity contribution in [2.75, 3.05) is 12.8 Å². The van der Waals surface area contributed by atoms with Gasteiger partial charge >= 0.3 is 0 Å². The van der Waals surface area contributed by atoms with E-state index in [9.17, 15) is 4.39 Å². The minimum absolute atomic E-state index is 0.126. The van der Waals surface area contributed by atoms with Gasteiger partial charge in [-0.1, -0.05) is 32.4 Å². The number of hydrogen-bond acceptors (Lipinski definition) is 0. The summed E-state index contributed by atoms with van der Waals surface area (Å²) in [5, 5.41) is 0. The fraction of sp³-hybridized carbons (Fsp3) is 1.00. The molecule has 0 aromatic heterocycles. The van der Waals surface area contributed by atoms with Crippen molar-refractivity contribution in [3.05, 3.63) is 0 Å². The zero-order valence-electron chi connectivity index (χ0n) is 9.51. The predicted molar refractivity (Wildman–Crippen MR) is 67.3 cm³/mol. The molecule has 1 rings (SSSR count). The lowest BCUT2D eigenvalue weighted by atomic mass is 9.61. The lowest BCUT2D eigenvalue weighted by Gasteiger charge is -2.23. The summed E-state index contributed by atoms with van der Waals surface area (Å²) in [6, 6.07) is 0. The average Bonchev–Trinajstić information content (AvgIpc) is 2.55. The molecule has 0 aromatic carbocycles. The Morgan fingerprint density at radius 1 is 1.43 bits per heavy atom. The van der Waals surface area contributed by atoms with Crippen molar-refractivity contribution in [2.24, 2.45) is 17.8 Å². The number of halogens is 1. The highest BCUT2D eigenvalue weighted by Crippen LogP contribution is 2.48. The first-order chi connectivity index (χ1) is 6.78. The predicted octanol–water partition coefficient (Wildman–Crippen LogP) is 3.16. The Balaban J connectivity index is 2.62. The smallest absolute Gasteiger partial charge is 0.121 e. The van der Waals surface area contributed by atoms with Crippen LogP contribution in [0.25, 0.3) is 0 Å². The lowest BCUT2D eigenvalue weighted by molar-refractivity contribution is 0.296. The van der Waals surface area contributed by atoms with Gasteiger partial charge in [0.1, 0.15) is 7.28 Å². The average molecular weight is 216 g/mol. The monoisotopic (exact) mass is 216 g/mol. The van der Waals surface area contributed by atoms with Crippen molar-refractivity contribution in [2.45, 2.75) is 38.8 Å². The number of hydrogen-bond donors (Lipinski definition) is 0. The third kappa shape index (κ3) is 2.51. The maximum atomic E-state index is 12.4. The summed E-state index contributed by atoms with van der Waals surface area (Å²) >= 11 is 0. The molecule has 0 saturated heterocycles. The van der Waals surface area contributed by atoms with Crippen molar-refractivity contribution in [3.63, 3.8) is 0 Å². The third-order valence-electron chi connectivity index (χ3n) is 4.11. The van der Waals surface area contributed by atoms with E-state index < -0.39 is 0 Å². The molecule has 1 aliphatic carbocycles. The van der Waals surface area contributed by atoms with E-state index in [1.807, 2.05) is 0 Å². The second-order valence-electron chi connectivity index (χ2n) is 4.61. The molecule has 0 amide bonds. The van der Waals surface area contributed by atoms with Crippen LogP contribution in [0.1, 0.15) is 26.2 Å². The van der Waals surface area contributed by atoms with Gasteiger partial charge in [0.2, 0.25) is 0 Å². The van der Waals surface area contributed by atoms with Crippen LogP contribution in [0.3, 0.4) is 0 Å². The van der Waals surface area contributed by atoms with E-state index in [4.69, 9.17) is 0 Å². The molecule has 82 valence electrons. The molecule has 0 radical (unpaired) electrons. The van der Waals surface area contributed by atoms with Gasteiger partial charge in [0.15, 0.2) is 0 Å². The van der Waals surface area contributed by atoms with Gasteiger partial charge in [0, 0.05) is 0 Å². The Hall–Kier alpha value is 0.425. The van der Waals surface area contributed by atoms with Gasteiger partial charge in [0.05, 0.1) is 6.67 Å². The van der Waals surface area contributed by atoms with Gasteiger partial charge in [-0.2, -0.15) is 0 Å². The van der Waals surface area contributed by atoms with Crippen LogP contribution in [-0.4, -0.2) is 20.1 Å². The van der Waals surface area contributed by atoms with Crippen LogP contribution in [0.5, 0.6) is 0 Å². The summed E-state index contributed by atoms with van der Waals surface area (Å²) in [5.74, 6) is 3.15. The normalized spacial score (nSPS) is 37.4. The first-order valence-corrected chi connectivity index (χ1v) is 6.86. The molecule has 0 nitrogen and oxygen atoms in total. The molecular weight excluding hydrogens is 193 g/mol. The highest BCUT2D eigenvalue weighted by atomic mass is 31.0. The zero-order chi connectivity index (χ0) is 10.6. The largest absolute Gasteiger partial charge is 0.251 e. The molecule has 0 aliphatic heterocycles. The van der Waals surface area contributed by atoms with Crippen LogP contribution in [0, 0.1) is 17.8 Å². The van der Waals surface area contributed by atoms with Crippen LogP contribution in [0.2, 0.25) is 12.6 Å². The number of rotatable bonds is 5. The number of alkyl halides is 1. The summed E-state index contributed by atoms with van der Waals surface area (Å²) in [6.07, 6.45) is 4.52. The molecule has 14 heavy (non-hydrogen) atoms. The molecule has 1 aliphatic rings. The van der Waals surface area contributed by atoms with E-state index in [0.29, 0.717) is 5.92 Å². The van der Waals surface area contributed by atoms with Gasteiger partial charge < -0.3 is 0 Å². The van der Waals surface area contributed by atoms with Gasteiger partial charge in [0.25, 0.3) is 0 Å². The van der Waals surface area contributed by atoms with E-state index in [0.717, 1.165) is 24.1 Å². The molecular formula is C11H23BFP. The molecule has 0 aromatic rings. The standard InChI is InChI=1S/C11H23BFP/c1-3-9-10(7-14)8(4-5-13)6-11(9)12-2/h8-12H,3-7,14H2,1-2H3. The van der Waals surface area contributed by atoms with Crippen molar-refractivity contribution >= 4 is 16.5 Å². The van der Waals surface area contributed by atoms with Crippen molar-refractivity contribution in [1.82, 2.24) is 0 Å². The molecule has 0 N–H and O–H groups in total. The van der Waals surface area contributed by atoms with Crippen LogP contribution in [0.4, 0.5) is 4.39 Å². The zero-order valence-corrected chi connectivity index (χ0v) is 10.7. The SMILES string of the molecule is CBC1CC(CCF)C(CP)C1CC. The van der Waals surface area contributed by atoms with Crippen LogP contribution < -0.4 is 0 Å². The van der Waals surface area contributed by atoms with Crippen LogP contribution >= 0.6 is 9.24 Å². The summed E-state index contributed by atoms with van der Waals surface area (Å²) < 4.78 is 12.4. The Labute approximate surface area is 90.9 Å². The maximum absolute atomic E-state index is 12.4. The Morgan fingerprint density at radius 3 is 2.57 bits per heavy atom. The minimum Gasteiger partial charge on any atom is -0.251 e. The lowest BCUT2D eigenvalue weighted by Crippen LogP contribution is -2.18. The van der Waals surface area contributed by atoms with E-state index >= 15 is 0 Å². The highest BCUT2D eigenvalue weighted by molar-refractivity contribution is 7.16. The highest BCUT2D eigenvalue weighted by Gasteiger charge is 2.39. The van der Waals surface area contributed by atoms with Gasteiger partial charge in [-0.05, 0) is 30.3 Å². The van der Waals surface area contributed by atoms with Crippen molar-refractivity contribution < 1.29 is 4.39 Å². The first-order valence-electron chi connectivity index (χ1n) is 6.04. The molecule has 5 atom stereocenters.